The SMILES string of the molecule is Clc1cc2c(cc1Cl)C(Cl)CCS2. The van der Waals surface area contributed by atoms with Gasteiger partial charge in [-0.1, -0.05) is 23.2 Å². The molecule has 1 aromatic carbocycles. The van der Waals surface area contributed by atoms with Crippen molar-refractivity contribution in [3.8, 4) is 0 Å². The van der Waals surface area contributed by atoms with Gasteiger partial charge < -0.3 is 0 Å². The van der Waals surface area contributed by atoms with Gasteiger partial charge in [0.1, 0.15) is 0 Å². The molecular weight excluding hydrogens is 247 g/mol. The standard InChI is InChI=1S/C9H7Cl3S/c10-6-1-2-13-9-4-8(12)7(11)3-5(6)9/h3-4,6H,1-2H2. The molecule has 0 bridgehead atoms. The molecule has 0 saturated carbocycles. The largest absolute Gasteiger partial charge is 0.126 e. The maximum atomic E-state index is 6.16. The summed E-state index contributed by atoms with van der Waals surface area (Å²) in [6.07, 6.45) is 0.997. The normalized spacial score (nSPS) is 21.3. The minimum absolute atomic E-state index is 0.0889. The highest BCUT2D eigenvalue weighted by molar-refractivity contribution is 7.99. The molecule has 0 saturated heterocycles. The molecule has 2 rings (SSSR count). The smallest absolute Gasteiger partial charge is 0.0604 e. The molecule has 70 valence electrons. The van der Waals surface area contributed by atoms with Gasteiger partial charge in [-0.25, -0.2) is 0 Å². The Hall–Kier alpha value is 0.440. The van der Waals surface area contributed by atoms with Crippen molar-refractivity contribution in [3.05, 3.63) is 27.7 Å². The molecule has 1 unspecified atom stereocenters. The Kier molecular flexibility index (Phi) is 2.99. The van der Waals surface area contributed by atoms with Crippen LogP contribution in [0.15, 0.2) is 17.0 Å². The van der Waals surface area contributed by atoms with E-state index in [1.54, 1.807) is 11.8 Å². The molecule has 0 nitrogen and oxygen atoms in total. The van der Waals surface area contributed by atoms with Crippen molar-refractivity contribution in [2.24, 2.45) is 0 Å². The topological polar surface area (TPSA) is 0 Å². The molecule has 1 aliphatic rings. The molecule has 0 N–H and O–H groups in total. The van der Waals surface area contributed by atoms with Crippen molar-refractivity contribution in [3.63, 3.8) is 0 Å². The molecule has 1 aromatic rings. The summed E-state index contributed by atoms with van der Waals surface area (Å²) in [5.74, 6) is 1.05. The Labute approximate surface area is 96.6 Å². The average molecular weight is 254 g/mol. The van der Waals surface area contributed by atoms with E-state index in [9.17, 15) is 0 Å². The van der Waals surface area contributed by atoms with Crippen molar-refractivity contribution < 1.29 is 0 Å². The number of benzene rings is 1. The van der Waals surface area contributed by atoms with Crippen LogP contribution >= 0.6 is 46.6 Å². The average Bonchev–Trinajstić information content (AvgIpc) is 2.09. The van der Waals surface area contributed by atoms with Crippen molar-refractivity contribution >= 4 is 46.6 Å². The molecule has 0 amide bonds. The van der Waals surface area contributed by atoms with E-state index < -0.39 is 0 Å². The van der Waals surface area contributed by atoms with Crippen LogP contribution in [0.25, 0.3) is 0 Å². The van der Waals surface area contributed by atoms with Crippen LogP contribution < -0.4 is 0 Å². The van der Waals surface area contributed by atoms with Crippen molar-refractivity contribution in [2.45, 2.75) is 16.7 Å². The van der Waals surface area contributed by atoms with Crippen LogP contribution in [0.1, 0.15) is 17.4 Å². The minimum Gasteiger partial charge on any atom is -0.126 e. The number of hydrogen-bond acceptors (Lipinski definition) is 1. The number of thioether (sulfide) groups is 1. The monoisotopic (exact) mass is 252 g/mol. The number of halogens is 3. The minimum atomic E-state index is 0.0889. The quantitative estimate of drug-likeness (QED) is 0.600. The first kappa shape index (κ1) is 9.97. The van der Waals surface area contributed by atoms with Gasteiger partial charge in [0.25, 0.3) is 0 Å². The zero-order chi connectivity index (χ0) is 9.42. The summed E-state index contributed by atoms with van der Waals surface area (Å²) in [4.78, 5) is 1.17. The summed E-state index contributed by atoms with van der Waals surface area (Å²) in [6, 6.07) is 3.78. The predicted molar refractivity (Wildman–Crippen MR) is 60.4 cm³/mol. The third-order valence-corrected chi connectivity index (χ3v) is 4.30. The Bertz CT molecular complexity index is 338. The number of alkyl halides is 1. The van der Waals surface area contributed by atoms with Gasteiger partial charge in [0.05, 0.1) is 15.4 Å². The fourth-order valence-electron chi connectivity index (χ4n) is 1.34. The number of fused-ring (bicyclic) bond motifs is 1. The van der Waals surface area contributed by atoms with E-state index in [0.717, 1.165) is 17.7 Å². The molecule has 13 heavy (non-hydrogen) atoms. The Morgan fingerprint density at radius 2 is 1.92 bits per heavy atom. The lowest BCUT2D eigenvalue weighted by Gasteiger charge is -2.20. The lowest BCUT2D eigenvalue weighted by atomic mass is 10.1. The maximum absolute atomic E-state index is 6.16. The third-order valence-electron chi connectivity index (χ3n) is 2.02. The van der Waals surface area contributed by atoms with Crippen LogP contribution in [-0.4, -0.2) is 5.75 Å². The zero-order valence-electron chi connectivity index (χ0n) is 6.69. The van der Waals surface area contributed by atoms with E-state index in [2.05, 4.69) is 0 Å². The van der Waals surface area contributed by atoms with Crippen LogP contribution in [0, 0.1) is 0 Å². The lowest BCUT2D eigenvalue weighted by Crippen LogP contribution is -2.01. The molecule has 0 radical (unpaired) electrons. The van der Waals surface area contributed by atoms with E-state index in [0.29, 0.717) is 10.0 Å². The Morgan fingerprint density at radius 1 is 1.23 bits per heavy atom. The fourth-order valence-corrected chi connectivity index (χ4v) is 3.37. The first-order valence-electron chi connectivity index (χ1n) is 3.94. The molecule has 0 spiro atoms. The first-order valence-corrected chi connectivity index (χ1v) is 6.12. The number of rotatable bonds is 0. The van der Waals surface area contributed by atoms with Gasteiger partial charge in [0.15, 0.2) is 0 Å². The van der Waals surface area contributed by atoms with Crippen LogP contribution in [-0.2, 0) is 0 Å². The second-order valence-corrected chi connectivity index (χ2v) is 5.39. The summed E-state index contributed by atoms with van der Waals surface area (Å²) in [7, 11) is 0. The van der Waals surface area contributed by atoms with E-state index in [-0.39, 0.29) is 5.38 Å². The molecule has 1 atom stereocenters. The van der Waals surface area contributed by atoms with Crippen LogP contribution in [0.5, 0.6) is 0 Å². The molecule has 1 heterocycles. The molecular formula is C9H7Cl3S. The molecule has 0 aliphatic carbocycles. The first-order chi connectivity index (χ1) is 6.18. The van der Waals surface area contributed by atoms with Gasteiger partial charge in [-0.05, 0) is 29.9 Å². The summed E-state index contributed by atoms with van der Waals surface area (Å²) >= 11 is 19.8. The van der Waals surface area contributed by atoms with Gasteiger partial charge in [-0.2, -0.15) is 0 Å². The molecule has 0 aromatic heterocycles. The molecule has 4 heteroatoms. The van der Waals surface area contributed by atoms with Crippen molar-refractivity contribution in [1.82, 2.24) is 0 Å². The lowest BCUT2D eigenvalue weighted by molar-refractivity contribution is 0.854. The highest BCUT2D eigenvalue weighted by atomic mass is 35.5. The summed E-state index contributed by atoms with van der Waals surface area (Å²) < 4.78 is 0. The van der Waals surface area contributed by atoms with Crippen LogP contribution in [0.2, 0.25) is 10.0 Å². The molecule has 0 fully saturated rings. The van der Waals surface area contributed by atoms with Crippen LogP contribution in [0.4, 0.5) is 0 Å². The fraction of sp³-hybridized carbons (Fsp3) is 0.333. The van der Waals surface area contributed by atoms with Gasteiger partial charge in [-0.15, -0.1) is 23.4 Å². The van der Waals surface area contributed by atoms with Gasteiger partial charge in [-0.3, -0.25) is 0 Å². The second kappa shape index (κ2) is 3.90. The highest BCUT2D eigenvalue weighted by Gasteiger charge is 2.19. The van der Waals surface area contributed by atoms with Gasteiger partial charge in [0, 0.05) is 4.90 Å². The van der Waals surface area contributed by atoms with Crippen molar-refractivity contribution in [1.29, 1.82) is 0 Å². The maximum Gasteiger partial charge on any atom is 0.0604 e. The Balaban J connectivity index is 2.52. The summed E-state index contributed by atoms with van der Waals surface area (Å²) in [5, 5.41) is 1.29. The summed E-state index contributed by atoms with van der Waals surface area (Å²) in [6.45, 7) is 0. The van der Waals surface area contributed by atoms with Crippen molar-refractivity contribution in [2.75, 3.05) is 5.75 Å². The predicted octanol–water partition coefficient (Wildman–Crippen LogP) is 4.77. The molecule has 1 aliphatic heterocycles. The second-order valence-electron chi connectivity index (χ2n) is 2.91. The van der Waals surface area contributed by atoms with E-state index in [1.807, 2.05) is 12.1 Å². The van der Waals surface area contributed by atoms with Crippen LogP contribution in [0.3, 0.4) is 0 Å². The number of hydrogen-bond donors (Lipinski definition) is 0. The van der Waals surface area contributed by atoms with Gasteiger partial charge in [0.2, 0.25) is 0 Å². The highest BCUT2D eigenvalue weighted by Crippen LogP contribution is 2.42. The van der Waals surface area contributed by atoms with E-state index >= 15 is 0 Å². The summed E-state index contributed by atoms with van der Waals surface area (Å²) in [5.41, 5.74) is 1.12. The third kappa shape index (κ3) is 1.94. The van der Waals surface area contributed by atoms with E-state index in [4.69, 9.17) is 34.8 Å². The zero-order valence-corrected chi connectivity index (χ0v) is 9.77. The Morgan fingerprint density at radius 3 is 2.69 bits per heavy atom. The van der Waals surface area contributed by atoms with Gasteiger partial charge >= 0.3 is 0 Å². The van der Waals surface area contributed by atoms with E-state index in [1.165, 1.54) is 4.90 Å².